The number of rotatable bonds is 14. The fourth-order valence-electron chi connectivity index (χ4n) is 17.3. The zero-order valence-corrected chi connectivity index (χ0v) is 66.2. The Kier molecular flexibility index (Phi) is 22.0. The second-order valence-electron chi connectivity index (χ2n) is 32.0. The summed E-state index contributed by atoms with van der Waals surface area (Å²) in [6, 6.07) is 48.7. The second-order valence-corrected chi connectivity index (χ2v) is 33.8. The number of aryl methyl sites for hydroxylation is 1. The maximum absolute atomic E-state index is 13.6. The van der Waals surface area contributed by atoms with Gasteiger partial charge in [-0.2, -0.15) is 0 Å². The highest BCUT2D eigenvalue weighted by molar-refractivity contribution is 6.32. The minimum atomic E-state index is -1.10. The lowest BCUT2D eigenvalue weighted by atomic mass is 9.77. The molecule has 0 bridgehead atoms. The topological polar surface area (TPSA) is 86.0 Å². The van der Waals surface area contributed by atoms with Gasteiger partial charge in [0.25, 0.3) is 0 Å². The maximum atomic E-state index is 13.6. The van der Waals surface area contributed by atoms with Crippen LogP contribution < -0.4 is 0 Å². The largest absolute Gasteiger partial charge is 0.384 e. The first kappa shape index (κ1) is 76.3. The molecule has 0 spiro atoms. The molecule has 7 aromatic carbocycles. The van der Waals surface area contributed by atoms with E-state index in [0.29, 0.717) is 24.6 Å². The first-order valence-electron chi connectivity index (χ1n) is 37.6. The van der Waals surface area contributed by atoms with Gasteiger partial charge in [0.1, 0.15) is 28.7 Å². The van der Waals surface area contributed by atoms with Gasteiger partial charge in [0.2, 0.25) is 0 Å². The summed E-state index contributed by atoms with van der Waals surface area (Å²) in [4.78, 5) is 13.7. The van der Waals surface area contributed by atoms with E-state index in [2.05, 4.69) is 122 Å². The van der Waals surface area contributed by atoms with Gasteiger partial charge >= 0.3 is 0 Å². The molecule has 0 radical (unpaired) electrons. The van der Waals surface area contributed by atoms with Crippen molar-refractivity contribution in [1.29, 1.82) is 0 Å². The first-order chi connectivity index (χ1) is 51.1. The highest BCUT2D eigenvalue weighted by atomic mass is 35.5. The number of nitrogens with zero attached hydrogens (tertiary/aromatic N) is 9. The average Bonchev–Trinajstić information content (AvgIpc) is 1.60. The van der Waals surface area contributed by atoms with Gasteiger partial charge in [-0.25, -0.2) is 13.2 Å². The molecule has 17 rings (SSSR count). The lowest BCUT2D eigenvalue weighted by molar-refractivity contribution is 0.0378. The molecule has 1 saturated carbocycles. The molecule has 1 fully saturated rings. The molecule has 0 saturated heterocycles. The van der Waals surface area contributed by atoms with Crippen LogP contribution in [0.25, 0.3) is 43.6 Å². The van der Waals surface area contributed by atoms with E-state index in [1.54, 1.807) is 49.5 Å². The Balaban J connectivity index is 0.000000120. The highest BCUT2D eigenvalue weighted by Gasteiger charge is 2.44. The van der Waals surface area contributed by atoms with Crippen LogP contribution in [0.15, 0.2) is 164 Å². The summed E-state index contributed by atoms with van der Waals surface area (Å²) in [6.07, 6.45) is 9.27. The quantitative estimate of drug-likeness (QED) is 0.112. The van der Waals surface area contributed by atoms with Crippen molar-refractivity contribution in [3.8, 4) is 0 Å². The fourth-order valence-corrected chi connectivity index (χ4v) is 18.0. The Bertz CT molecular complexity index is 5080. The molecule has 0 amide bonds. The molecule has 5 aliphatic rings. The molecule has 12 aromatic rings. The van der Waals surface area contributed by atoms with Crippen LogP contribution in [-0.4, -0.2) is 107 Å². The van der Waals surface area contributed by atoms with Crippen molar-refractivity contribution in [2.24, 2.45) is 5.92 Å². The van der Waals surface area contributed by atoms with Crippen molar-refractivity contribution in [3.63, 3.8) is 0 Å². The zero-order chi connectivity index (χ0) is 75.6. The Hall–Kier alpha value is -7.44. The Morgan fingerprint density at radius 1 is 0.402 bits per heavy atom. The van der Waals surface area contributed by atoms with E-state index in [1.165, 1.54) is 108 Å². The highest BCUT2D eigenvalue weighted by Crippen LogP contribution is 2.50. The van der Waals surface area contributed by atoms with E-state index >= 15 is 0 Å². The SMILES string of the molecule is CCC(C)(Cn1c2c(c3cc(Cl)ccc31)CN(C)CC2)c1ccc(F)cc1.CN1CCc2c(c3cc(Cl)ccc3n2CC(C)(O)c2ccc(F)cc2)C1.CN1CCc2c(c3cc(Cl)ccc3n2CC(C)(c2ccc(F)cc2)C2CC2)C1.Cc1ccc(C(C)(O)Cn2c3c(c4cc(Cl)ccc42)CN(C)CC3)cn1. The standard InChI is InChI=1S/C24H26ClFN2.C23H26ClFN2.C21H22ClFN2O.C21H24ClN3O/c1-24(16-3-4-16,17-5-8-19(26)9-6-17)15-28-22-10-7-18(25)13-20(22)21-14-27(2)12-11-23(21)28;1-4-23(2,16-5-8-18(25)9-6-16)15-27-21-10-7-17(24)13-19(21)20-14-26(3)12-11-22(20)27;1-21(26,14-3-6-16(23)7-4-14)13-25-19-8-5-15(22)11-17(19)18-12-24(2)10-9-20(18)25;1-14-4-5-15(11-23-14)21(2,26)13-25-19-7-6-16(22)10-17(19)18-12-24(3)9-8-20(18)25/h5-10,13,16H,3-4,11-12,14-15H2,1-2H3;5-10,13H,4,11-12,14-15H2,1-3H3;3-8,11,26H,9-10,12-13H2,1-2H3;4-7,10-11,26H,8-9,12-13H2,1-3H3. The number of aliphatic hydroxyl groups is 2. The van der Waals surface area contributed by atoms with Gasteiger partial charge in [-0.1, -0.05) is 110 Å². The third-order valence-electron chi connectivity index (χ3n) is 23.9. The summed E-state index contributed by atoms with van der Waals surface area (Å²) >= 11 is 25.2. The summed E-state index contributed by atoms with van der Waals surface area (Å²) in [7, 11) is 8.62. The normalized spacial score (nSPS) is 17.8. The maximum Gasteiger partial charge on any atom is 0.123 e. The van der Waals surface area contributed by atoms with Gasteiger partial charge in [-0.15, -0.1) is 0 Å². The number of hydrogen-bond acceptors (Lipinski definition) is 7. The number of aromatic nitrogens is 5. The molecule has 560 valence electrons. The summed E-state index contributed by atoms with van der Waals surface area (Å²) in [5, 5.41) is 30.3. The predicted octanol–water partition coefficient (Wildman–Crippen LogP) is 19.8. The molecule has 2 N–H and O–H groups in total. The lowest BCUT2D eigenvalue weighted by Gasteiger charge is -2.33. The van der Waals surface area contributed by atoms with E-state index < -0.39 is 11.2 Å². The fraction of sp³-hybridized carbons (Fsp3) is 0.382. The first-order valence-corrected chi connectivity index (χ1v) is 39.2. The Morgan fingerprint density at radius 3 is 1.04 bits per heavy atom. The molecule has 1 aliphatic carbocycles. The van der Waals surface area contributed by atoms with Crippen molar-refractivity contribution in [3.05, 3.63) is 274 Å². The summed E-state index contributed by atoms with van der Waals surface area (Å²) in [6.45, 7) is 23.0. The molecule has 4 atom stereocenters. The molecule has 5 aromatic heterocycles. The number of halogens is 7. The van der Waals surface area contributed by atoms with E-state index in [-0.39, 0.29) is 28.3 Å². The number of fused-ring (bicyclic) bond motifs is 12. The second kappa shape index (κ2) is 30.8. The van der Waals surface area contributed by atoms with Gasteiger partial charge < -0.3 is 48.1 Å². The predicted molar refractivity (Wildman–Crippen MR) is 433 cm³/mol. The van der Waals surface area contributed by atoms with Crippen LogP contribution in [-0.2, 0) is 100 Å². The monoisotopic (exact) mass is 1520 g/mol. The van der Waals surface area contributed by atoms with Crippen LogP contribution in [0, 0.1) is 30.3 Å². The zero-order valence-electron chi connectivity index (χ0n) is 63.2. The Labute approximate surface area is 647 Å². The average molecular weight is 1520 g/mol. The van der Waals surface area contributed by atoms with Gasteiger partial charge in [-0.3, -0.25) is 4.98 Å². The van der Waals surface area contributed by atoms with Crippen molar-refractivity contribution in [2.75, 3.05) is 54.4 Å². The van der Waals surface area contributed by atoms with Crippen molar-refractivity contribution >= 4 is 90.0 Å². The van der Waals surface area contributed by atoms with E-state index in [0.717, 1.165) is 145 Å². The number of pyridine rings is 1. The van der Waals surface area contributed by atoms with E-state index in [4.69, 9.17) is 46.4 Å². The summed E-state index contributed by atoms with van der Waals surface area (Å²) < 4.78 is 49.8. The van der Waals surface area contributed by atoms with Crippen LogP contribution in [0.3, 0.4) is 0 Å². The summed E-state index contributed by atoms with van der Waals surface area (Å²) in [5.41, 5.74) is 18.4. The molecule has 4 unspecified atom stereocenters. The molecule has 4 aliphatic heterocycles. The van der Waals surface area contributed by atoms with Gasteiger partial charge in [-0.05, 0) is 228 Å². The van der Waals surface area contributed by atoms with Crippen LogP contribution in [0.2, 0.25) is 20.1 Å². The molecular formula is C89H98Cl4F3N9O2. The number of hydrogen-bond donors (Lipinski definition) is 2. The van der Waals surface area contributed by atoms with E-state index in [9.17, 15) is 23.4 Å². The van der Waals surface area contributed by atoms with Gasteiger partial charge in [0, 0.05) is 206 Å². The molecule has 107 heavy (non-hydrogen) atoms. The van der Waals surface area contributed by atoms with E-state index in [1.807, 2.05) is 92.7 Å². The number of likely N-dealkylation sites (N-methyl/N-ethyl adjacent to an activating group) is 4. The molecule has 9 heterocycles. The van der Waals surface area contributed by atoms with Gasteiger partial charge in [0.05, 0.1) is 13.1 Å². The van der Waals surface area contributed by atoms with Crippen molar-refractivity contribution in [1.82, 2.24) is 42.9 Å². The van der Waals surface area contributed by atoms with Crippen molar-refractivity contribution < 1.29 is 23.4 Å². The smallest absolute Gasteiger partial charge is 0.123 e. The molecule has 18 heteroatoms. The third kappa shape index (κ3) is 15.9. The van der Waals surface area contributed by atoms with Crippen molar-refractivity contribution in [2.45, 2.75) is 161 Å². The third-order valence-corrected chi connectivity index (χ3v) is 24.8. The lowest BCUT2D eigenvalue weighted by Crippen LogP contribution is -2.33. The molecular weight excluding hydrogens is 1430 g/mol. The Morgan fingerprint density at radius 2 is 0.710 bits per heavy atom. The minimum Gasteiger partial charge on any atom is -0.384 e. The minimum absolute atomic E-state index is 0.0103. The summed E-state index contributed by atoms with van der Waals surface area (Å²) in [5.74, 6) is 0.0118. The van der Waals surface area contributed by atoms with Crippen LogP contribution >= 0.6 is 46.4 Å². The van der Waals surface area contributed by atoms with Crippen LogP contribution in [0.4, 0.5) is 13.2 Å². The number of benzene rings is 7. The van der Waals surface area contributed by atoms with Gasteiger partial charge in [0.15, 0.2) is 0 Å². The van der Waals surface area contributed by atoms with Crippen LogP contribution in [0.1, 0.15) is 127 Å². The molecule has 11 nitrogen and oxygen atoms in total. The van der Waals surface area contributed by atoms with Crippen LogP contribution in [0.5, 0.6) is 0 Å².